The average molecular weight is 493 g/mol. The third kappa shape index (κ3) is 4.42. The minimum atomic E-state index is -0.571. The summed E-state index contributed by atoms with van der Waals surface area (Å²) in [6, 6.07) is 9.86. The number of carbonyl (C=O) groups is 1. The highest BCUT2D eigenvalue weighted by Crippen LogP contribution is 2.67. The van der Waals surface area contributed by atoms with Gasteiger partial charge in [-0.25, -0.2) is 0 Å². The van der Waals surface area contributed by atoms with E-state index in [0.29, 0.717) is 23.0 Å². The van der Waals surface area contributed by atoms with Crippen LogP contribution in [0.2, 0.25) is 0 Å². The Kier molecular flexibility index (Phi) is 7.49. The standard InChI is InChI=1S/C34H52O2/c1-22(2)10-9-11-23(3)29-16-17-30-28-15-14-27-21-26(32(35)25-12-7-6-8-13-25)20-24(4)34(27,36)31(28)18-19-33(29,30)5/h6-8,12-13,22-24,26-31,36H,9-11,14-21H2,1-5H3/t23-,24-,26-,27+,28+,29-,30+,31+,33-,34+/m1/s1. The lowest BCUT2D eigenvalue weighted by molar-refractivity contribution is -0.205. The zero-order chi connectivity index (χ0) is 25.7. The SMILES string of the molecule is CC(C)CCC[C@@H](C)[C@H]1CC[C@H]2[C@@H]3CC[C@H]4C[C@H](C(=O)c5ccccc5)C[C@@H](C)[C@@]4(O)[C@H]3CC[C@]12C. The van der Waals surface area contributed by atoms with E-state index in [4.69, 9.17) is 0 Å². The molecule has 0 amide bonds. The molecular formula is C34H52O2. The molecular weight excluding hydrogens is 440 g/mol. The molecule has 1 N–H and O–H groups in total. The molecule has 4 fully saturated rings. The number of aliphatic hydroxyl groups is 1. The zero-order valence-corrected chi connectivity index (χ0v) is 23.7. The van der Waals surface area contributed by atoms with Crippen molar-refractivity contribution in [1.82, 2.24) is 0 Å². The molecule has 1 aromatic carbocycles. The van der Waals surface area contributed by atoms with E-state index in [1.807, 2.05) is 30.3 Å². The van der Waals surface area contributed by atoms with Gasteiger partial charge in [0.2, 0.25) is 0 Å². The summed E-state index contributed by atoms with van der Waals surface area (Å²) in [5, 5.41) is 12.5. The number of rotatable bonds is 7. The molecule has 0 unspecified atom stereocenters. The van der Waals surface area contributed by atoms with Crippen molar-refractivity contribution in [1.29, 1.82) is 0 Å². The summed E-state index contributed by atoms with van der Waals surface area (Å²) in [4.78, 5) is 13.3. The summed E-state index contributed by atoms with van der Waals surface area (Å²) in [6.07, 6.45) is 13.5. The average Bonchev–Trinajstić information content (AvgIpc) is 3.22. The van der Waals surface area contributed by atoms with Crippen LogP contribution in [-0.4, -0.2) is 16.5 Å². The van der Waals surface area contributed by atoms with E-state index < -0.39 is 5.60 Å². The van der Waals surface area contributed by atoms with Crippen molar-refractivity contribution in [3.8, 4) is 0 Å². The van der Waals surface area contributed by atoms with Crippen LogP contribution in [0.25, 0.3) is 0 Å². The quantitative estimate of drug-likeness (QED) is 0.387. The molecule has 0 spiro atoms. The molecule has 0 heterocycles. The molecule has 36 heavy (non-hydrogen) atoms. The van der Waals surface area contributed by atoms with Gasteiger partial charge in [0.05, 0.1) is 5.60 Å². The number of hydrogen-bond acceptors (Lipinski definition) is 2. The summed E-state index contributed by atoms with van der Waals surface area (Å²) >= 11 is 0. The Morgan fingerprint density at radius 2 is 1.72 bits per heavy atom. The highest BCUT2D eigenvalue weighted by atomic mass is 16.3. The number of hydrogen-bond donors (Lipinski definition) is 1. The van der Waals surface area contributed by atoms with Gasteiger partial charge >= 0.3 is 0 Å². The molecule has 0 radical (unpaired) electrons. The topological polar surface area (TPSA) is 37.3 Å². The first kappa shape index (κ1) is 26.5. The largest absolute Gasteiger partial charge is 0.389 e. The molecule has 0 saturated heterocycles. The first-order valence-corrected chi connectivity index (χ1v) is 15.5. The van der Waals surface area contributed by atoms with Gasteiger partial charge in [-0.05, 0) is 104 Å². The molecule has 0 aliphatic heterocycles. The Morgan fingerprint density at radius 3 is 2.44 bits per heavy atom. The van der Waals surface area contributed by atoms with Crippen molar-refractivity contribution >= 4 is 5.78 Å². The van der Waals surface area contributed by atoms with E-state index in [0.717, 1.165) is 48.5 Å². The first-order chi connectivity index (χ1) is 17.2. The highest BCUT2D eigenvalue weighted by molar-refractivity contribution is 5.97. The van der Waals surface area contributed by atoms with Crippen LogP contribution in [0.1, 0.15) is 116 Å². The normalized spacial score (nSPS) is 42.9. The smallest absolute Gasteiger partial charge is 0.165 e. The van der Waals surface area contributed by atoms with Crippen LogP contribution in [-0.2, 0) is 0 Å². The maximum atomic E-state index is 13.3. The highest BCUT2D eigenvalue weighted by Gasteiger charge is 2.63. The van der Waals surface area contributed by atoms with Gasteiger partial charge in [0.15, 0.2) is 5.78 Å². The van der Waals surface area contributed by atoms with E-state index in [2.05, 4.69) is 34.6 Å². The van der Waals surface area contributed by atoms with Gasteiger partial charge < -0.3 is 5.11 Å². The van der Waals surface area contributed by atoms with Crippen molar-refractivity contribution in [2.45, 2.75) is 111 Å². The predicted molar refractivity (Wildman–Crippen MR) is 149 cm³/mol. The number of fused-ring (bicyclic) bond motifs is 5. The summed E-state index contributed by atoms with van der Waals surface area (Å²) in [7, 11) is 0. The van der Waals surface area contributed by atoms with Gasteiger partial charge in [0.1, 0.15) is 0 Å². The van der Waals surface area contributed by atoms with Gasteiger partial charge in [-0.3, -0.25) is 4.79 Å². The van der Waals surface area contributed by atoms with Crippen molar-refractivity contribution in [3.05, 3.63) is 35.9 Å². The second kappa shape index (κ2) is 10.2. The first-order valence-electron chi connectivity index (χ1n) is 15.5. The van der Waals surface area contributed by atoms with Crippen molar-refractivity contribution < 1.29 is 9.90 Å². The van der Waals surface area contributed by atoms with Crippen LogP contribution in [0.15, 0.2) is 30.3 Å². The summed E-state index contributed by atoms with van der Waals surface area (Å²) < 4.78 is 0. The van der Waals surface area contributed by atoms with E-state index in [1.165, 1.54) is 51.4 Å². The van der Waals surface area contributed by atoms with Gasteiger partial charge in [0.25, 0.3) is 0 Å². The maximum absolute atomic E-state index is 13.3. The molecule has 2 nitrogen and oxygen atoms in total. The fourth-order valence-electron chi connectivity index (χ4n) is 10.4. The van der Waals surface area contributed by atoms with E-state index in [-0.39, 0.29) is 17.8 Å². The zero-order valence-electron chi connectivity index (χ0n) is 23.7. The lowest BCUT2D eigenvalue weighted by Crippen LogP contribution is -2.62. The Labute approximate surface area is 221 Å². The third-order valence-corrected chi connectivity index (χ3v) is 12.2. The Balaban J connectivity index is 1.29. The lowest BCUT2D eigenvalue weighted by atomic mass is 9.45. The van der Waals surface area contributed by atoms with E-state index in [9.17, 15) is 9.90 Å². The Hall–Kier alpha value is -1.15. The minimum absolute atomic E-state index is 0.0700. The monoisotopic (exact) mass is 492 g/mol. The van der Waals surface area contributed by atoms with Crippen LogP contribution in [0, 0.1) is 58.7 Å². The number of ketones is 1. The molecule has 1 aromatic rings. The Bertz CT molecular complexity index is 907. The van der Waals surface area contributed by atoms with E-state index in [1.54, 1.807) is 0 Å². The molecule has 2 heteroatoms. The van der Waals surface area contributed by atoms with Crippen LogP contribution in [0.3, 0.4) is 0 Å². The predicted octanol–water partition coefficient (Wildman–Crippen LogP) is 8.58. The molecule has 10 atom stereocenters. The third-order valence-electron chi connectivity index (χ3n) is 12.2. The fraction of sp³-hybridized carbons (Fsp3) is 0.794. The summed E-state index contributed by atoms with van der Waals surface area (Å²) in [6.45, 7) is 12.2. The lowest BCUT2D eigenvalue weighted by Gasteiger charge is -2.62. The van der Waals surface area contributed by atoms with Crippen LogP contribution in [0.4, 0.5) is 0 Å². The Morgan fingerprint density at radius 1 is 0.972 bits per heavy atom. The van der Waals surface area contributed by atoms with Gasteiger partial charge in [-0.2, -0.15) is 0 Å². The number of carbonyl (C=O) groups excluding carboxylic acids is 1. The number of Topliss-reactive ketones (excluding diaryl/α,β-unsaturated/α-hetero) is 1. The van der Waals surface area contributed by atoms with Crippen molar-refractivity contribution in [2.75, 3.05) is 0 Å². The molecule has 4 aliphatic rings. The van der Waals surface area contributed by atoms with Crippen LogP contribution in [0.5, 0.6) is 0 Å². The summed E-state index contributed by atoms with van der Waals surface area (Å²) in [5.41, 5.74) is 0.742. The van der Waals surface area contributed by atoms with Gasteiger partial charge in [-0.1, -0.05) is 84.2 Å². The molecule has 200 valence electrons. The molecule has 4 saturated carbocycles. The summed E-state index contributed by atoms with van der Waals surface area (Å²) in [5.74, 6) is 5.27. The van der Waals surface area contributed by atoms with Crippen molar-refractivity contribution in [2.24, 2.45) is 58.7 Å². The second-order valence-electron chi connectivity index (χ2n) is 14.4. The van der Waals surface area contributed by atoms with Crippen LogP contribution >= 0.6 is 0 Å². The van der Waals surface area contributed by atoms with Gasteiger partial charge in [-0.15, -0.1) is 0 Å². The second-order valence-corrected chi connectivity index (χ2v) is 14.4. The minimum Gasteiger partial charge on any atom is -0.389 e. The van der Waals surface area contributed by atoms with Crippen molar-refractivity contribution in [3.63, 3.8) is 0 Å². The van der Waals surface area contributed by atoms with Gasteiger partial charge in [0, 0.05) is 11.5 Å². The fourth-order valence-corrected chi connectivity index (χ4v) is 10.4. The number of benzene rings is 1. The molecule has 0 aromatic heterocycles. The maximum Gasteiger partial charge on any atom is 0.165 e. The molecule has 4 aliphatic carbocycles. The molecule has 5 rings (SSSR count). The molecule has 0 bridgehead atoms. The van der Waals surface area contributed by atoms with Crippen LogP contribution < -0.4 is 0 Å². The van der Waals surface area contributed by atoms with E-state index >= 15 is 0 Å².